The Balaban J connectivity index is 2.22. The molecule has 1 aliphatic rings. The highest BCUT2D eigenvalue weighted by Gasteiger charge is 2.32. The van der Waals surface area contributed by atoms with Crippen LogP contribution in [0.1, 0.15) is 38.5 Å². The van der Waals surface area contributed by atoms with Crippen LogP contribution >= 0.6 is 0 Å². The number of H-pyrrole nitrogens is 1. The average Bonchev–Trinajstić information content (AvgIpc) is 2.93. The van der Waals surface area contributed by atoms with Crippen molar-refractivity contribution in [1.82, 2.24) is 4.98 Å². The number of hydrogen-bond donors (Lipinski definition) is 1. The second-order valence-electron chi connectivity index (χ2n) is 4.47. The maximum Gasteiger partial charge on any atom is 0.355 e. The van der Waals surface area contributed by atoms with Gasteiger partial charge >= 0.3 is 17.9 Å². The third-order valence-electron chi connectivity index (χ3n) is 3.17. The largest absolute Gasteiger partial charge is 0.465 e. The maximum absolute atomic E-state index is 12.0. The number of carbonyl (C=O) groups excluding carboxylic acids is 3. The van der Waals surface area contributed by atoms with Crippen molar-refractivity contribution in [2.75, 3.05) is 13.7 Å². The third kappa shape index (κ3) is 2.38. The Morgan fingerprint density at radius 1 is 1.30 bits per heavy atom. The summed E-state index contributed by atoms with van der Waals surface area (Å²) in [5, 5.41) is 0. The molecule has 7 nitrogen and oxygen atoms in total. The van der Waals surface area contributed by atoms with Crippen LogP contribution in [-0.2, 0) is 19.0 Å². The molecule has 1 atom stereocenters. The Bertz CT molecular complexity index is 574. The van der Waals surface area contributed by atoms with Gasteiger partial charge in [0.15, 0.2) is 0 Å². The van der Waals surface area contributed by atoms with Gasteiger partial charge in [0.05, 0.1) is 19.3 Å². The number of nitrogens with one attached hydrogen (secondary N) is 1. The predicted octanol–water partition coefficient (Wildman–Crippen LogP) is 0.890. The molecule has 0 unspecified atom stereocenters. The molecule has 1 N–H and O–H groups in total. The van der Waals surface area contributed by atoms with Crippen molar-refractivity contribution in [3.8, 4) is 0 Å². The summed E-state index contributed by atoms with van der Waals surface area (Å²) in [4.78, 5) is 37.7. The van der Waals surface area contributed by atoms with Gasteiger partial charge in [-0.1, -0.05) is 0 Å². The zero-order valence-corrected chi connectivity index (χ0v) is 11.4. The van der Waals surface area contributed by atoms with E-state index < -0.39 is 24.0 Å². The zero-order valence-electron chi connectivity index (χ0n) is 11.4. The molecule has 1 saturated heterocycles. The first-order valence-electron chi connectivity index (χ1n) is 6.10. The molecule has 0 radical (unpaired) electrons. The van der Waals surface area contributed by atoms with Gasteiger partial charge in [-0.05, 0) is 19.4 Å². The van der Waals surface area contributed by atoms with E-state index in [4.69, 9.17) is 9.47 Å². The van der Waals surface area contributed by atoms with E-state index in [2.05, 4.69) is 9.72 Å². The summed E-state index contributed by atoms with van der Waals surface area (Å²) >= 11 is 0. The van der Waals surface area contributed by atoms with E-state index in [9.17, 15) is 14.4 Å². The predicted molar refractivity (Wildman–Crippen MR) is 66.4 cm³/mol. The van der Waals surface area contributed by atoms with Crippen LogP contribution in [-0.4, -0.2) is 42.7 Å². The minimum absolute atomic E-state index is 0.141. The Kier molecular flexibility index (Phi) is 3.78. The highest BCUT2D eigenvalue weighted by molar-refractivity contribution is 5.99. The fourth-order valence-corrected chi connectivity index (χ4v) is 2.13. The van der Waals surface area contributed by atoms with Crippen molar-refractivity contribution < 1.29 is 28.6 Å². The number of methoxy groups -OCH3 is 1. The number of rotatable bonds is 3. The number of aromatic amines is 1. The first-order valence-corrected chi connectivity index (χ1v) is 6.10. The average molecular weight is 281 g/mol. The van der Waals surface area contributed by atoms with E-state index in [1.54, 1.807) is 13.8 Å². The topological polar surface area (TPSA) is 94.7 Å². The summed E-state index contributed by atoms with van der Waals surface area (Å²) < 4.78 is 14.4. The second kappa shape index (κ2) is 5.36. The fourth-order valence-electron chi connectivity index (χ4n) is 2.13. The van der Waals surface area contributed by atoms with Crippen LogP contribution < -0.4 is 0 Å². The van der Waals surface area contributed by atoms with Crippen LogP contribution in [0.25, 0.3) is 0 Å². The Labute approximate surface area is 115 Å². The summed E-state index contributed by atoms with van der Waals surface area (Å²) in [6.45, 7) is 3.51. The molecule has 108 valence electrons. The monoisotopic (exact) mass is 281 g/mol. The molecule has 1 fully saturated rings. The molecule has 2 rings (SSSR count). The van der Waals surface area contributed by atoms with E-state index >= 15 is 0 Å². The molecule has 1 aliphatic heterocycles. The van der Waals surface area contributed by atoms with E-state index in [0.29, 0.717) is 23.2 Å². The molecule has 0 aromatic carbocycles. The van der Waals surface area contributed by atoms with Gasteiger partial charge in [0.1, 0.15) is 5.69 Å². The highest BCUT2D eigenvalue weighted by atomic mass is 16.6. The van der Waals surface area contributed by atoms with Gasteiger partial charge in [-0.3, -0.25) is 0 Å². The Hall–Kier alpha value is -2.31. The highest BCUT2D eigenvalue weighted by Crippen LogP contribution is 2.21. The molecule has 20 heavy (non-hydrogen) atoms. The van der Waals surface area contributed by atoms with E-state index in [-0.39, 0.29) is 12.3 Å². The minimum atomic E-state index is -0.882. The standard InChI is InChI=1S/C13H15NO6/c1-6-9(12(16)18-3)7(2)14-10(6)13(17)20-8-4-5-19-11(8)15/h8,14H,4-5H2,1-3H3/t8-/m1/s1. The Morgan fingerprint density at radius 2 is 2.00 bits per heavy atom. The SMILES string of the molecule is COC(=O)c1c(C)[nH]c(C(=O)O[C@@H]2CCOC2=O)c1C. The Morgan fingerprint density at radius 3 is 2.55 bits per heavy atom. The van der Waals surface area contributed by atoms with Crippen molar-refractivity contribution in [2.24, 2.45) is 0 Å². The lowest BCUT2D eigenvalue weighted by molar-refractivity contribution is -0.145. The number of cyclic esters (lactones) is 1. The number of ether oxygens (including phenoxy) is 3. The summed E-state index contributed by atoms with van der Waals surface area (Å²) in [5.41, 5.74) is 1.39. The van der Waals surface area contributed by atoms with Crippen molar-refractivity contribution in [2.45, 2.75) is 26.4 Å². The first-order chi connectivity index (χ1) is 9.45. The van der Waals surface area contributed by atoms with Gasteiger partial charge in [0.2, 0.25) is 6.10 Å². The normalized spacial score (nSPS) is 17.8. The van der Waals surface area contributed by atoms with Crippen molar-refractivity contribution >= 4 is 17.9 Å². The molecule has 0 bridgehead atoms. The summed E-state index contributed by atoms with van der Waals surface area (Å²) in [6, 6.07) is 0. The van der Waals surface area contributed by atoms with E-state index in [0.717, 1.165) is 0 Å². The molecule has 0 aliphatic carbocycles. The lowest BCUT2D eigenvalue weighted by atomic mass is 10.1. The van der Waals surface area contributed by atoms with Crippen molar-refractivity contribution in [3.63, 3.8) is 0 Å². The van der Waals surface area contributed by atoms with Crippen LogP contribution in [0, 0.1) is 13.8 Å². The zero-order chi connectivity index (χ0) is 14.9. The van der Waals surface area contributed by atoms with Gasteiger partial charge in [-0.25, -0.2) is 14.4 Å². The summed E-state index contributed by atoms with van der Waals surface area (Å²) in [5.74, 6) is -1.77. The van der Waals surface area contributed by atoms with Crippen molar-refractivity contribution in [3.05, 3.63) is 22.5 Å². The van der Waals surface area contributed by atoms with E-state index in [1.807, 2.05) is 0 Å². The van der Waals surface area contributed by atoms with Gasteiger partial charge in [-0.2, -0.15) is 0 Å². The van der Waals surface area contributed by atoms with E-state index in [1.165, 1.54) is 7.11 Å². The number of esters is 3. The summed E-state index contributed by atoms with van der Waals surface area (Å²) in [6.07, 6.45) is -0.542. The van der Waals surface area contributed by atoms with Gasteiger partial charge in [-0.15, -0.1) is 0 Å². The second-order valence-corrected chi connectivity index (χ2v) is 4.47. The van der Waals surface area contributed by atoms with Gasteiger partial charge in [0, 0.05) is 12.1 Å². The quantitative estimate of drug-likeness (QED) is 0.653. The maximum atomic E-state index is 12.0. The number of aromatic nitrogens is 1. The van der Waals surface area contributed by atoms with Crippen LogP contribution in [0.15, 0.2) is 0 Å². The first kappa shape index (κ1) is 14.1. The lowest BCUT2D eigenvalue weighted by Gasteiger charge is -2.07. The van der Waals surface area contributed by atoms with Gasteiger partial charge < -0.3 is 19.2 Å². The number of hydrogen-bond acceptors (Lipinski definition) is 6. The fraction of sp³-hybridized carbons (Fsp3) is 0.462. The molecule has 0 saturated carbocycles. The lowest BCUT2D eigenvalue weighted by Crippen LogP contribution is -2.23. The molecule has 7 heteroatoms. The molecule has 2 heterocycles. The van der Waals surface area contributed by atoms with Gasteiger partial charge in [0.25, 0.3) is 0 Å². The van der Waals surface area contributed by atoms with Crippen LogP contribution in [0.4, 0.5) is 0 Å². The van der Waals surface area contributed by atoms with Crippen LogP contribution in [0.2, 0.25) is 0 Å². The minimum Gasteiger partial charge on any atom is -0.465 e. The summed E-state index contributed by atoms with van der Waals surface area (Å²) in [7, 11) is 1.26. The smallest absolute Gasteiger partial charge is 0.355 e. The molecule has 0 amide bonds. The molecular weight excluding hydrogens is 266 g/mol. The van der Waals surface area contributed by atoms with Crippen molar-refractivity contribution in [1.29, 1.82) is 0 Å². The third-order valence-corrected chi connectivity index (χ3v) is 3.17. The number of aryl methyl sites for hydroxylation is 1. The van der Waals surface area contributed by atoms with Crippen LogP contribution in [0.5, 0.6) is 0 Å². The molecule has 1 aromatic rings. The molecule has 0 spiro atoms. The molecule has 1 aromatic heterocycles. The van der Waals surface area contributed by atoms with Crippen LogP contribution in [0.3, 0.4) is 0 Å². The molecular formula is C13H15NO6. The number of carbonyl (C=O) groups is 3.